The number of amides is 1. The lowest BCUT2D eigenvalue weighted by Gasteiger charge is -2.28. The van der Waals surface area contributed by atoms with Crippen LogP contribution in [0.25, 0.3) is 0 Å². The number of nitrogens with zero attached hydrogens (tertiary/aromatic N) is 4. The molecule has 144 valence electrons. The lowest BCUT2D eigenvalue weighted by atomic mass is 10.2. The van der Waals surface area contributed by atoms with Crippen LogP contribution in [-0.2, 0) is 24.3 Å². The molecule has 0 saturated carbocycles. The van der Waals surface area contributed by atoms with E-state index >= 15 is 0 Å². The minimum atomic E-state index is -0.191. The van der Waals surface area contributed by atoms with Gasteiger partial charge >= 0.3 is 0 Å². The van der Waals surface area contributed by atoms with Gasteiger partial charge in [0.25, 0.3) is 0 Å². The summed E-state index contributed by atoms with van der Waals surface area (Å²) < 4.78 is 1.95. The van der Waals surface area contributed by atoms with Crippen LogP contribution in [0.15, 0.2) is 67.0 Å². The molecule has 3 aromatic rings. The van der Waals surface area contributed by atoms with Gasteiger partial charge in [-0.15, -0.1) is 0 Å². The number of para-hydroxylation sites is 1. The molecule has 1 aliphatic rings. The zero-order valence-electron chi connectivity index (χ0n) is 16.5. The first-order chi connectivity index (χ1) is 13.6. The van der Waals surface area contributed by atoms with Crippen LogP contribution in [0.5, 0.6) is 0 Å². The van der Waals surface area contributed by atoms with Gasteiger partial charge in [-0.3, -0.25) is 14.4 Å². The molecule has 0 saturated heterocycles. The SMILES string of the molecule is C[C@H](C(=O)N1CCc2ccccc21)N(C)Cc1cnn(Cc2ccccc2)c1. The first kappa shape index (κ1) is 18.4. The number of likely N-dealkylation sites (N-methyl/N-ethyl adjacent to an activating group) is 1. The van der Waals surface area contributed by atoms with E-state index in [1.165, 1.54) is 11.1 Å². The molecule has 1 amide bonds. The molecule has 0 N–H and O–H groups in total. The second-order valence-corrected chi connectivity index (χ2v) is 7.49. The third kappa shape index (κ3) is 3.85. The number of carbonyl (C=O) groups is 1. The molecule has 5 nitrogen and oxygen atoms in total. The van der Waals surface area contributed by atoms with Crippen molar-refractivity contribution in [2.24, 2.45) is 0 Å². The monoisotopic (exact) mass is 374 g/mol. The zero-order valence-corrected chi connectivity index (χ0v) is 16.5. The smallest absolute Gasteiger partial charge is 0.244 e. The molecule has 5 heteroatoms. The third-order valence-electron chi connectivity index (χ3n) is 5.48. The number of rotatable bonds is 6. The lowest BCUT2D eigenvalue weighted by molar-refractivity contribution is -0.122. The summed E-state index contributed by atoms with van der Waals surface area (Å²) in [7, 11) is 2.00. The zero-order chi connectivity index (χ0) is 19.5. The molecule has 0 aliphatic carbocycles. The van der Waals surface area contributed by atoms with Crippen LogP contribution in [0.2, 0.25) is 0 Å². The van der Waals surface area contributed by atoms with Crippen LogP contribution in [-0.4, -0.2) is 40.2 Å². The van der Waals surface area contributed by atoms with E-state index in [4.69, 9.17) is 0 Å². The van der Waals surface area contributed by atoms with Gasteiger partial charge < -0.3 is 4.90 Å². The molecule has 1 aromatic heterocycles. The molecular weight excluding hydrogens is 348 g/mol. The minimum Gasteiger partial charge on any atom is -0.310 e. The van der Waals surface area contributed by atoms with Gasteiger partial charge in [0, 0.05) is 30.5 Å². The quantitative estimate of drug-likeness (QED) is 0.664. The van der Waals surface area contributed by atoms with Crippen molar-refractivity contribution in [1.82, 2.24) is 14.7 Å². The first-order valence-corrected chi connectivity index (χ1v) is 9.76. The van der Waals surface area contributed by atoms with Crippen LogP contribution in [0.3, 0.4) is 0 Å². The Bertz CT molecular complexity index is 950. The van der Waals surface area contributed by atoms with Crippen LogP contribution in [0, 0.1) is 0 Å². The summed E-state index contributed by atoms with van der Waals surface area (Å²) >= 11 is 0. The third-order valence-corrected chi connectivity index (χ3v) is 5.48. The number of carbonyl (C=O) groups excluding carboxylic acids is 1. The summed E-state index contributed by atoms with van der Waals surface area (Å²) in [6.07, 6.45) is 4.89. The number of hydrogen-bond acceptors (Lipinski definition) is 3. The lowest BCUT2D eigenvalue weighted by Crippen LogP contribution is -2.44. The van der Waals surface area contributed by atoms with E-state index in [2.05, 4.69) is 34.4 Å². The summed E-state index contributed by atoms with van der Waals surface area (Å²) in [6.45, 7) is 4.20. The largest absolute Gasteiger partial charge is 0.310 e. The Balaban J connectivity index is 1.38. The highest BCUT2D eigenvalue weighted by Gasteiger charge is 2.29. The van der Waals surface area contributed by atoms with Gasteiger partial charge in [0.1, 0.15) is 0 Å². The maximum absolute atomic E-state index is 13.0. The second kappa shape index (κ2) is 7.98. The summed E-state index contributed by atoms with van der Waals surface area (Å²) in [5.41, 5.74) is 4.65. The van der Waals surface area contributed by atoms with Gasteiger partial charge in [-0.1, -0.05) is 48.5 Å². The van der Waals surface area contributed by atoms with Crippen molar-refractivity contribution in [3.8, 4) is 0 Å². The van der Waals surface area contributed by atoms with Gasteiger partial charge in [0.05, 0.1) is 18.8 Å². The predicted octanol–water partition coefficient (Wildman–Crippen LogP) is 3.34. The normalized spacial score (nSPS) is 14.3. The van der Waals surface area contributed by atoms with Crippen molar-refractivity contribution in [3.63, 3.8) is 0 Å². The maximum atomic E-state index is 13.0. The van der Waals surface area contributed by atoms with Gasteiger partial charge in [-0.2, -0.15) is 5.10 Å². The minimum absolute atomic E-state index is 0.157. The number of benzene rings is 2. The Morgan fingerprint density at radius 2 is 1.86 bits per heavy atom. The molecule has 0 unspecified atom stereocenters. The summed E-state index contributed by atoms with van der Waals surface area (Å²) in [4.78, 5) is 17.1. The van der Waals surface area contributed by atoms with E-state index in [9.17, 15) is 4.79 Å². The van der Waals surface area contributed by atoms with E-state index < -0.39 is 0 Å². The van der Waals surface area contributed by atoms with Crippen molar-refractivity contribution in [2.45, 2.75) is 32.5 Å². The predicted molar refractivity (Wildman–Crippen MR) is 111 cm³/mol. The van der Waals surface area contributed by atoms with Gasteiger partial charge in [0.2, 0.25) is 5.91 Å². The van der Waals surface area contributed by atoms with Crippen LogP contribution in [0.4, 0.5) is 5.69 Å². The summed E-state index contributed by atoms with van der Waals surface area (Å²) in [6, 6.07) is 18.3. The molecule has 4 rings (SSSR count). The highest BCUT2D eigenvalue weighted by molar-refractivity contribution is 5.98. The molecular formula is C23H26N4O. The fourth-order valence-electron chi connectivity index (χ4n) is 3.75. The van der Waals surface area contributed by atoms with E-state index in [0.717, 1.165) is 30.8 Å². The molecule has 1 atom stereocenters. The summed E-state index contributed by atoms with van der Waals surface area (Å²) in [5.74, 6) is 0.157. The highest BCUT2D eigenvalue weighted by atomic mass is 16.2. The molecule has 0 bridgehead atoms. The molecule has 0 radical (unpaired) electrons. The molecule has 28 heavy (non-hydrogen) atoms. The van der Waals surface area contributed by atoms with Gasteiger partial charge in [0.15, 0.2) is 0 Å². The molecule has 0 fully saturated rings. The van der Waals surface area contributed by atoms with Crippen molar-refractivity contribution in [1.29, 1.82) is 0 Å². The van der Waals surface area contributed by atoms with Crippen LogP contribution >= 0.6 is 0 Å². The number of fused-ring (bicyclic) bond motifs is 1. The molecule has 2 heterocycles. The van der Waals surface area contributed by atoms with E-state index in [1.54, 1.807) is 0 Å². The Morgan fingerprint density at radius 3 is 2.68 bits per heavy atom. The first-order valence-electron chi connectivity index (χ1n) is 9.76. The molecule has 0 spiro atoms. The van der Waals surface area contributed by atoms with E-state index in [0.29, 0.717) is 6.54 Å². The number of anilines is 1. The molecule has 2 aromatic carbocycles. The maximum Gasteiger partial charge on any atom is 0.244 e. The fourth-order valence-corrected chi connectivity index (χ4v) is 3.75. The Labute approximate surface area is 166 Å². The van der Waals surface area contributed by atoms with Crippen LogP contribution in [0.1, 0.15) is 23.6 Å². The van der Waals surface area contributed by atoms with Gasteiger partial charge in [-0.05, 0) is 37.6 Å². The molecule has 1 aliphatic heterocycles. The average Bonchev–Trinajstić information content (AvgIpc) is 3.34. The average molecular weight is 374 g/mol. The van der Waals surface area contributed by atoms with Crippen LogP contribution < -0.4 is 4.90 Å². The summed E-state index contributed by atoms with van der Waals surface area (Å²) in [5, 5.41) is 4.47. The second-order valence-electron chi connectivity index (χ2n) is 7.49. The highest BCUT2D eigenvalue weighted by Crippen LogP contribution is 2.28. The van der Waals surface area contributed by atoms with Crippen molar-refractivity contribution < 1.29 is 4.79 Å². The number of hydrogen-bond donors (Lipinski definition) is 0. The van der Waals surface area contributed by atoms with E-state index in [-0.39, 0.29) is 11.9 Å². The van der Waals surface area contributed by atoms with Gasteiger partial charge in [-0.25, -0.2) is 0 Å². The van der Waals surface area contributed by atoms with E-state index in [1.807, 2.05) is 66.1 Å². The Hall–Kier alpha value is -2.92. The number of aromatic nitrogens is 2. The Morgan fingerprint density at radius 1 is 1.11 bits per heavy atom. The Kier molecular flexibility index (Phi) is 5.26. The standard InChI is InChI=1S/C23H26N4O/c1-18(23(28)27-13-12-21-10-6-7-11-22(21)27)25(2)15-20-14-24-26(17-20)16-19-8-4-3-5-9-19/h3-11,14,17-18H,12-13,15-16H2,1-2H3/t18-/m1/s1. The topological polar surface area (TPSA) is 41.4 Å². The fraction of sp³-hybridized carbons (Fsp3) is 0.304. The van der Waals surface area contributed by atoms with Crippen molar-refractivity contribution in [2.75, 3.05) is 18.5 Å². The van der Waals surface area contributed by atoms with Crippen molar-refractivity contribution >= 4 is 11.6 Å². The van der Waals surface area contributed by atoms with Crippen molar-refractivity contribution in [3.05, 3.63) is 83.7 Å².